The maximum Gasteiger partial charge on any atom is 0.229 e. The lowest BCUT2D eigenvalue weighted by Crippen LogP contribution is -2.28. The standard InChI is InChI=1S/C29H26N2O3/c1-19-10-13-25(16-20(19)2)34-24-14-11-23(12-15-24)30-29(33)22-17-28(32)31(18-22)27-9-5-7-21-6-3-4-8-26(21)27/h3-16,22H,17-18H2,1-2H3,(H,30,33)/t22-/m0/s1. The van der Waals surface area contributed by atoms with Crippen molar-refractivity contribution < 1.29 is 14.3 Å². The van der Waals surface area contributed by atoms with Gasteiger partial charge in [0.15, 0.2) is 0 Å². The lowest BCUT2D eigenvalue weighted by molar-refractivity contribution is -0.122. The molecule has 170 valence electrons. The van der Waals surface area contributed by atoms with Gasteiger partial charge in [0, 0.05) is 24.0 Å². The van der Waals surface area contributed by atoms with Crippen molar-refractivity contribution in [3.63, 3.8) is 0 Å². The Morgan fingerprint density at radius 3 is 2.41 bits per heavy atom. The Bertz CT molecular complexity index is 1370. The zero-order chi connectivity index (χ0) is 23.7. The lowest BCUT2D eigenvalue weighted by atomic mass is 10.1. The Morgan fingerprint density at radius 1 is 0.882 bits per heavy atom. The largest absolute Gasteiger partial charge is 0.457 e. The molecule has 5 heteroatoms. The summed E-state index contributed by atoms with van der Waals surface area (Å²) in [4.78, 5) is 27.4. The first-order chi connectivity index (χ1) is 16.5. The highest BCUT2D eigenvalue weighted by atomic mass is 16.5. The molecule has 1 fully saturated rings. The van der Waals surface area contributed by atoms with Gasteiger partial charge in [0.2, 0.25) is 11.8 Å². The van der Waals surface area contributed by atoms with Crippen molar-refractivity contribution in [1.29, 1.82) is 0 Å². The van der Waals surface area contributed by atoms with Gasteiger partial charge in [-0.15, -0.1) is 0 Å². The number of hydrogen-bond acceptors (Lipinski definition) is 3. The van der Waals surface area contributed by atoms with Crippen molar-refractivity contribution in [3.05, 3.63) is 96.1 Å². The van der Waals surface area contributed by atoms with E-state index in [1.165, 1.54) is 11.1 Å². The number of anilines is 2. The molecule has 0 aliphatic carbocycles. The second kappa shape index (κ2) is 9.02. The lowest BCUT2D eigenvalue weighted by Gasteiger charge is -2.19. The van der Waals surface area contributed by atoms with E-state index in [1.807, 2.05) is 84.9 Å². The minimum atomic E-state index is -0.405. The molecule has 0 spiro atoms. The first-order valence-electron chi connectivity index (χ1n) is 11.4. The van der Waals surface area contributed by atoms with Crippen molar-refractivity contribution in [1.82, 2.24) is 0 Å². The number of carbonyl (C=O) groups is 2. The van der Waals surface area contributed by atoms with Gasteiger partial charge in [0.1, 0.15) is 11.5 Å². The Hall–Kier alpha value is -4.12. The van der Waals surface area contributed by atoms with Crippen LogP contribution in [-0.4, -0.2) is 18.4 Å². The molecule has 1 N–H and O–H groups in total. The number of amides is 2. The number of carbonyl (C=O) groups excluding carboxylic acids is 2. The average molecular weight is 451 g/mol. The molecule has 1 aliphatic heterocycles. The molecule has 0 radical (unpaired) electrons. The second-order valence-electron chi connectivity index (χ2n) is 8.77. The van der Waals surface area contributed by atoms with Crippen LogP contribution in [0.5, 0.6) is 11.5 Å². The summed E-state index contributed by atoms with van der Waals surface area (Å²) in [6.45, 7) is 4.48. The summed E-state index contributed by atoms with van der Waals surface area (Å²) in [6, 6.07) is 27.1. The zero-order valence-corrected chi connectivity index (χ0v) is 19.2. The van der Waals surface area contributed by atoms with E-state index >= 15 is 0 Å². The van der Waals surface area contributed by atoms with Gasteiger partial charge in [0.25, 0.3) is 0 Å². The maximum absolute atomic E-state index is 12.9. The number of rotatable bonds is 5. The van der Waals surface area contributed by atoms with Crippen LogP contribution in [0.25, 0.3) is 10.8 Å². The van der Waals surface area contributed by atoms with Gasteiger partial charge in [-0.1, -0.05) is 42.5 Å². The van der Waals surface area contributed by atoms with Gasteiger partial charge in [-0.25, -0.2) is 0 Å². The van der Waals surface area contributed by atoms with E-state index in [9.17, 15) is 9.59 Å². The van der Waals surface area contributed by atoms with Crippen LogP contribution in [-0.2, 0) is 9.59 Å². The van der Waals surface area contributed by atoms with Gasteiger partial charge in [-0.2, -0.15) is 0 Å². The van der Waals surface area contributed by atoms with Crippen LogP contribution in [0.1, 0.15) is 17.5 Å². The summed E-state index contributed by atoms with van der Waals surface area (Å²) < 4.78 is 5.92. The van der Waals surface area contributed by atoms with Crippen LogP contribution >= 0.6 is 0 Å². The number of nitrogens with one attached hydrogen (secondary N) is 1. The Labute approximate surface area is 199 Å². The third kappa shape index (κ3) is 4.37. The summed E-state index contributed by atoms with van der Waals surface area (Å²) in [7, 11) is 0. The number of nitrogens with zero attached hydrogens (tertiary/aromatic N) is 1. The van der Waals surface area contributed by atoms with Crippen molar-refractivity contribution in [3.8, 4) is 11.5 Å². The monoisotopic (exact) mass is 450 g/mol. The molecule has 1 heterocycles. The first kappa shape index (κ1) is 21.7. The molecule has 0 unspecified atom stereocenters. The van der Waals surface area contributed by atoms with Gasteiger partial charge in [-0.3, -0.25) is 9.59 Å². The third-order valence-electron chi connectivity index (χ3n) is 6.39. The van der Waals surface area contributed by atoms with Crippen LogP contribution in [0, 0.1) is 19.8 Å². The summed E-state index contributed by atoms with van der Waals surface area (Å²) in [5, 5.41) is 5.03. The number of fused-ring (bicyclic) bond motifs is 1. The van der Waals surface area contributed by atoms with Crippen molar-refractivity contribution in [2.24, 2.45) is 5.92 Å². The van der Waals surface area contributed by atoms with Crippen LogP contribution in [0.4, 0.5) is 11.4 Å². The van der Waals surface area contributed by atoms with Crippen molar-refractivity contribution >= 4 is 34.0 Å². The second-order valence-corrected chi connectivity index (χ2v) is 8.77. The zero-order valence-electron chi connectivity index (χ0n) is 19.2. The molecule has 1 saturated heterocycles. The molecule has 1 atom stereocenters. The number of hydrogen-bond donors (Lipinski definition) is 1. The van der Waals surface area contributed by atoms with Crippen LogP contribution < -0.4 is 15.0 Å². The van der Waals surface area contributed by atoms with Gasteiger partial charge in [-0.05, 0) is 72.8 Å². The predicted octanol–water partition coefficient (Wildman–Crippen LogP) is 6.24. The van der Waals surface area contributed by atoms with Crippen LogP contribution in [0.2, 0.25) is 0 Å². The predicted molar refractivity (Wildman–Crippen MR) is 135 cm³/mol. The van der Waals surface area contributed by atoms with E-state index in [0.717, 1.165) is 22.2 Å². The van der Waals surface area contributed by atoms with E-state index in [1.54, 1.807) is 4.90 Å². The van der Waals surface area contributed by atoms with Crippen molar-refractivity contribution in [2.75, 3.05) is 16.8 Å². The smallest absolute Gasteiger partial charge is 0.229 e. The minimum Gasteiger partial charge on any atom is -0.457 e. The Kier molecular flexibility index (Phi) is 5.76. The number of benzene rings is 4. The summed E-state index contributed by atoms with van der Waals surface area (Å²) in [5.41, 5.74) is 3.92. The molecule has 0 bridgehead atoms. The highest BCUT2D eigenvalue weighted by Crippen LogP contribution is 2.32. The van der Waals surface area contributed by atoms with Gasteiger partial charge < -0.3 is 15.0 Å². The summed E-state index contributed by atoms with van der Waals surface area (Å²) in [6.07, 6.45) is 0.197. The number of aryl methyl sites for hydroxylation is 2. The quantitative estimate of drug-likeness (QED) is 0.391. The first-order valence-corrected chi connectivity index (χ1v) is 11.4. The number of ether oxygens (including phenoxy) is 1. The molecule has 5 rings (SSSR count). The van der Waals surface area contributed by atoms with Gasteiger partial charge in [0.05, 0.1) is 11.6 Å². The fraction of sp³-hybridized carbons (Fsp3) is 0.172. The molecule has 5 nitrogen and oxygen atoms in total. The van der Waals surface area contributed by atoms with E-state index in [-0.39, 0.29) is 18.2 Å². The fourth-order valence-corrected chi connectivity index (χ4v) is 4.32. The SMILES string of the molecule is Cc1ccc(Oc2ccc(NC(=O)[C@H]3CC(=O)N(c4cccc5ccccc45)C3)cc2)cc1C. The minimum absolute atomic E-state index is 0.0337. The summed E-state index contributed by atoms with van der Waals surface area (Å²) >= 11 is 0. The molecule has 4 aromatic carbocycles. The molecular formula is C29H26N2O3. The maximum atomic E-state index is 12.9. The molecule has 2 amide bonds. The average Bonchev–Trinajstić information content (AvgIpc) is 3.24. The van der Waals surface area contributed by atoms with Crippen molar-refractivity contribution in [2.45, 2.75) is 20.3 Å². The molecule has 0 saturated carbocycles. The third-order valence-corrected chi connectivity index (χ3v) is 6.39. The molecule has 0 aromatic heterocycles. The molecule has 1 aliphatic rings. The topological polar surface area (TPSA) is 58.6 Å². The van der Waals surface area contributed by atoms with E-state index < -0.39 is 5.92 Å². The van der Waals surface area contributed by atoms with Gasteiger partial charge >= 0.3 is 0 Å². The Balaban J connectivity index is 1.25. The Morgan fingerprint density at radius 2 is 1.62 bits per heavy atom. The van der Waals surface area contributed by atoms with Crippen LogP contribution in [0.3, 0.4) is 0 Å². The fourth-order valence-electron chi connectivity index (χ4n) is 4.32. The molecule has 4 aromatic rings. The highest BCUT2D eigenvalue weighted by molar-refractivity contribution is 6.08. The van der Waals surface area contributed by atoms with E-state index in [0.29, 0.717) is 18.0 Å². The summed E-state index contributed by atoms with van der Waals surface area (Å²) in [5.74, 6) is 0.878. The highest BCUT2D eigenvalue weighted by Gasteiger charge is 2.35. The van der Waals surface area contributed by atoms with E-state index in [2.05, 4.69) is 19.2 Å². The normalized spacial score (nSPS) is 15.5. The van der Waals surface area contributed by atoms with E-state index in [4.69, 9.17) is 4.74 Å². The molecular weight excluding hydrogens is 424 g/mol. The van der Waals surface area contributed by atoms with Crippen LogP contribution in [0.15, 0.2) is 84.9 Å². The molecule has 34 heavy (non-hydrogen) atoms.